The van der Waals surface area contributed by atoms with Crippen LogP contribution in [0.2, 0.25) is 0 Å². The molecule has 0 aliphatic heterocycles. The Morgan fingerprint density at radius 2 is 1.38 bits per heavy atom. The lowest BCUT2D eigenvalue weighted by Gasteiger charge is -3.17. The summed E-state index contributed by atoms with van der Waals surface area (Å²) in [5.41, 5.74) is -0.885. The smallest absolute Gasteiger partial charge is 0.337 e. The molecule has 2 aromatic carbocycles. The van der Waals surface area contributed by atoms with E-state index in [0.717, 1.165) is 23.3 Å². The van der Waals surface area contributed by atoms with Gasteiger partial charge in [0.15, 0.2) is 0 Å². The van der Waals surface area contributed by atoms with Gasteiger partial charge in [0, 0.05) is 28.8 Å². The molecule has 0 heterocycles. The van der Waals surface area contributed by atoms with E-state index in [-0.39, 0.29) is 41.7 Å². The van der Waals surface area contributed by atoms with Gasteiger partial charge < -0.3 is 4.90 Å². The minimum Gasteiger partial charge on any atom is -0.337 e. The summed E-state index contributed by atoms with van der Waals surface area (Å²) in [4.78, 5) is 16.6. The van der Waals surface area contributed by atoms with Gasteiger partial charge in [0.05, 0.1) is 34.1 Å². The van der Waals surface area contributed by atoms with Crippen LogP contribution in [0.25, 0.3) is 0 Å². The topological polar surface area (TPSA) is 67.9 Å². The highest BCUT2D eigenvalue weighted by Gasteiger charge is 3.22. The molecule has 0 saturated heterocycles. The van der Waals surface area contributed by atoms with Crippen LogP contribution < -0.4 is 0 Å². The molecule has 0 bridgehead atoms. The number of nitriles is 2. The number of hydrogen-bond acceptors (Lipinski definition) is 3. The Morgan fingerprint density at radius 3 is 1.78 bits per heavy atom. The molecule has 0 N–H and O–H groups in total. The zero-order valence-electron chi connectivity index (χ0n) is 21.0. The van der Waals surface area contributed by atoms with Crippen molar-refractivity contribution in [1.82, 2.24) is 4.90 Å². The monoisotopic (exact) mass is 501 g/mol. The van der Waals surface area contributed by atoms with Crippen LogP contribution in [0.1, 0.15) is 49.9 Å². The summed E-state index contributed by atoms with van der Waals surface area (Å²) in [7, 11) is 0. The normalized spacial score (nSPS) is 40.7. The fraction of sp³-hybridized carbons (Fsp3) is 0.500. The third-order valence-corrected chi connectivity index (χ3v) is 11.0. The van der Waals surface area contributed by atoms with E-state index in [4.69, 9.17) is 0 Å². The van der Waals surface area contributed by atoms with E-state index in [1.54, 1.807) is 24.3 Å². The Hall–Kier alpha value is -3.32. The van der Waals surface area contributed by atoms with Crippen LogP contribution in [0.5, 0.6) is 0 Å². The second kappa shape index (κ2) is 6.21. The molecular weight excluding hydrogens is 475 g/mol. The van der Waals surface area contributed by atoms with E-state index in [2.05, 4.69) is 12.1 Å². The third-order valence-electron chi connectivity index (χ3n) is 11.0. The molecule has 37 heavy (non-hydrogen) atoms. The van der Waals surface area contributed by atoms with Crippen LogP contribution in [-0.4, -0.2) is 22.9 Å². The van der Waals surface area contributed by atoms with Crippen LogP contribution in [0.4, 0.5) is 13.2 Å². The summed E-state index contributed by atoms with van der Waals surface area (Å²) in [6.07, 6.45) is -4.44. The maximum absolute atomic E-state index is 14.7. The fourth-order valence-corrected chi connectivity index (χ4v) is 10.8. The van der Waals surface area contributed by atoms with Gasteiger partial charge in [-0.1, -0.05) is 24.3 Å². The molecule has 0 spiro atoms. The predicted molar refractivity (Wildman–Crippen MR) is 128 cm³/mol. The first-order valence-electron chi connectivity index (χ1n) is 12.9. The molecule has 4 nitrogen and oxygen atoms in total. The highest BCUT2D eigenvalue weighted by molar-refractivity contribution is 6.01. The largest absolute Gasteiger partial charge is 0.416 e. The molecule has 8 rings (SSSR count). The highest BCUT2D eigenvalue weighted by Crippen LogP contribution is 3.17. The van der Waals surface area contributed by atoms with Crippen molar-refractivity contribution in [2.45, 2.75) is 56.8 Å². The molecular formula is C30H26F3N3O. The standard InChI is InChI=1S/C30H26F3N3O/c1-15(2)36(16(3)4)25(37)29-21-22-26(14-35)23(21)28(29,19-9-11-20(12-10-19)30(31,32)33)24(26)27(22,29)18-7-5-17(13-34)6-8-18/h5-12,15-16,21-24H,1-4H3/t21-,22+,23-,24-,26+,27+,28-,29-/m1/s1. The predicted octanol–water partition coefficient (Wildman–Crippen LogP) is 5.43. The number of halogens is 3. The number of carbonyl (C=O) groups is 1. The Bertz CT molecular complexity index is 1460. The Kier molecular flexibility index (Phi) is 3.83. The van der Waals surface area contributed by atoms with Crippen molar-refractivity contribution in [2.75, 3.05) is 0 Å². The molecule has 0 radical (unpaired) electrons. The molecule has 0 aromatic heterocycles. The zero-order chi connectivity index (χ0) is 26.5. The van der Waals surface area contributed by atoms with E-state index in [0.29, 0.717) is 5.56 Å². The van der Waals surface area contributed by atoms with Crippen molar-refractivity contribution in [2.24, 2.45) is 34.5 Å². The fourth-order valence-electron chi connectivity index (χ4n) is 10.8. The summed E-state index contributed by atoms with van der Waals surface area (Å²) >= 11 is 0. The Labute approximate surface area is 213 Å². The average molecular weight is 502 g/mol. The molecule has 0 unspecified atom stereocenters. The van der Waals surface area contributed by atoms with Crippen molar-refractivity contribution < 1.29 is 18.0 Å². The Morgan fingerprint density at radius 1 is 0.892 bits per heavy atom. The lowest BCUT2D eigenvalue weighted by atomic mass is 8.83. The summed E-state index contributed by atoms with van der Waals surface area (Å²) in [5.74, 6) is 0.0770. The van der Waals surface area contributed by atoms with Crippen LogP contribution in [0.15, 0.2) is 48.5 Å². The lowest BCUT2D eigenvalue weighted by Crippen LogP contribution is -3.22. The van der Waals surface area contributed by atoms with Gasteiger partial charge in [0.2, 0.25) is 5.91 Å². The van der Waals surface area contributed by atoms with Gasteiger partial charge in [0.25, 0.3) is 0 Å². The zero-order valence-corrected chi connectivity index (χ0v) is 21.0. The first kappa shape index (κ1) is 22.8. The van der Waals surface area contributed by atoms with Gasteiger partial charge in [0.1, 0.15) is 0 Å². The van der Waals surface area contributed by atoms with Crippen molar-refractivity contribution in [3.05, 3.63) is 70.8 Å². The summed E-state index contributed by atoms with van der Waals surface area (Å²) in [5, 5.41) is 19.7. The van der Waals surface area contributed by atoms with Crippen molar-refractivity contribution >= 4 is 5.91 Å². The van der Waals surface area contributed by atoms with E-state index < -0.39 is 33.4 Å². The molecule has 188 valence electrons. The maximum atomic E-state index is 14.7. The van der Waals surface area contributed by atoms with E-state index >= 15 is 0 Å². The minimum absolute atomic E-state index is 0.00196. The van der Waals surface area contributed by atoms with E-state index in [1.807, 2.05) is 44.7 Å². The molecule has 8 atom stereocenters. The molecule has 1 amide bonds. The molecule has 6 aliphatic rings. The maximum Gasteiger partial charge on any atom is 0.416 e. The first-order chi connectivity index (χ1) is 17.5. The van der Waals surface area contributed by atoms with Crippen LogP contribution in [0.3, 0.4) is 0 Å². The van der Waals surface area contributed by atoms with E-state index in [1.165, 1.54) is 0 Å². The number of hydrogen-bond donors (Lipinski definition) is 0. The average Bonchev–Trinajstić information content (AvgIpc) is 2.86. The SMILES string of the molecule is CC(C)N(C(=O)[C@@]12[C@H]3[C@@H]4[C@@]5(C#N)[C@@H]([C@@]41c1ccc(C(F)(F)F)cc1)[C@]2(c1ccc(C#N)cc1)[C@@H]35)C(C)C. The number of nitrogens with zero attached hydrogens (tertiary/aromatic N) is 3. The number of alkyl halides is 3. The molecule has 2 aromatic rings. The van der Waals surface area contributed by atoms with Crippen molar-refractivity contribution in [3.8, 4) is 12.1 Å². The van der Waals surface area contributed by atoms with Crippen molar-refractivity contribution in [1.29, 1.82) is 10.5 Å². The van der Waals surface area contributed by atoms with E-state index in [9.17, 15) is 28.5 Å². The van der Waals surface area contributed by atoms with Gasteiger partial charge in [-0.3, -0.25) is 4.79 Å². The van der Waals surface area contributed by atoms with Gasteiger partial charge >= 0.3 is 6.18 Å². The number of rotatable bonds is 5. The molecule has 6 saturated carbocycles. The minimum atomic E-state index is -4.44. The van der Waals surface area contributed by atoms with Crippen LogP contribution >= 0.6 is 0 Å². The van der Waals surface area contributed by atoms with Gasteiger partial charge in [-0.15, -0.1) is 0 Å². The third kappa shape index (κ3) is 1.77. The second-order valence-corrected chi connectivity index (χ2v) is 12.2. The van der Waals surface area contributed by atoms with Gasteiger partial charge in [-0.05, 0) is 80.8 Å². The summed E-state index contributed by atoms with van der Waals surface area (Å²) in [6.45, 7) is 7.98. The van der Waals surface area contributed by atoms with Crippen molar-refractivity contribution in [3.63, 3.8) is 0 Å². The van der Waals surface area contributed by atoms with Crippen LogP contribution in [-0.2, 0) is 21.8 Å². The quantitative estimate of drug-likeness (QED) is 0.549. The number of benzene rings is 2. The highest BCUT2D eigenvalue weighted by atomic mass is 19.4. The lowest BCUT2D eigenvalue weighted by molar-refractivity contribution is -0.654. The summed E-state index contributed by atoms with van der Waals surface area (Å²) < 4.78 is 40.1. The summed E-state index contributed by atoms with van der Waals surface area (Å²) in [6, 6.07) is 17.4. The number of amides is 1. The first-order valence-corrected chi connectivity index (χ1v) is 12.9. The molecule has 6 fully saturated rings. The second-order valence-electron chi connectivity index (χ2n) is 12.2. The van der Waals surface area contributed by atoms with Gasteiger partial charge in [-0.25, -0.2) is 0 Å². The number of carbonyl (C=O) groups excluding carboxylic acids is 1. The molecule has 6 aliphatic carbocycles. The van der Waals surface area contributed by atoms with Gasteiger partial charge in [-0.2, -0.15) is 23.7 Å². The Balaban J connectivity index is 1.44. The molecule has 7 heteroatoms. The van der Waals surface area contributed by atoms with Crippen LogP contribution in [0, 0.1) is 57.2 Å².